The lowest BCUT2D eigenvalue weighted by molar-refractivity contribution is -0.117. The number of benzene rings is 1. The Morgan fingerprint density at radius 3 is 2.75 bits per heavy atom. The molecular weight excluding hydrogens is 362 g/mol. The van der Waals surface area contributed by atoms with Crippen molar-refractivity contribution in [1.29, 1.82) is 0 Å². The first-order chi connectivity index (χ1) is 13.5. The third-order valence-corrected chi connectivity index (χ3v) is 4.55. The molecule has 0 spiro atoms. The van der Waals surface area contributed by atoms with E-state index >= 15 is 0 Å². The Hall–Kier alpha value is -3.42. The van der Waals surface area contributed by atoms with Crippen molar-refractivity contribution in [3.05, 3.63) is 53.3 Å². The maximum Gasteiger partial charge on any atom is 0.340 e. The Kier molecular flexibility index (Phi) is 4.68. The first kappa shape index (κ1) is 18.0. The van der Waals surface area contributed by atoms with Crippen LogP contribution in [0.4, 0.5) is 5.69 Å². The summed E-state index contributed by atoms with van der Waals surface area (Å²) in [6.45, 7) is 4.07. The molecule has 0 atom stereocenters. The molecule has 1 aliphatic rings. The highest BCUT2D eigenvalue weighted by atomic mass is 16.5. The smallest absolute Gasteiger partial charge is 0.340 e. The van der Waals surface area contributed by atoms with Gasteiger partial charge in [0.1, 0.15) is 11.5 Å². The average molecular weight is 381 g/mol. The number of carbonyl (C=O) groups excluding carboxylic acids is 2. The van der Waals surface area contributed by atoms with Crippen LogP contribution in [0.15, 0.2) is 39.2 Å². The monoisotopic (exact) mass is 381 g/mol. The summed E-state index contributed by atoms with van der Waals surface area (Å²) < 4.78 is 16.4. The van der Waals surface area contributed by atoms with E-state index in [-0.39, 0.29) is 18.4 Å². The molecule has 0 N–H and O–H groups in total. The molecule has 0 radical (unpaired) electrons. The van der Waals surface area contributed by atoms with Gasteiger partial charge in [0.2, 0.25) is 5.91 Å². The number of esters is 1. The first-order valence-corrected chi connectivity index (χ1v) is 8.99. The summed E-state index contributed by atoms with van der Waals surface area (Å²) in [6.07, 6.45) is 1.26. The van der Waals surface area contributed by atoms with Gasteiger partial charge in [-0.25, -0.2) is 4.79 Å². The number of nitrogens with zero attached hydrogens (tertiary/aromatic N) is 3. The number of furan rings is 1. The summed E-state index contributed by atoms with van der Waals surface area (Å²) in [5.41, 5.74) is 1.60. The van der Waals surface area contributed by atoms with E-state index in [1.54, 1.807) is 29.2 Å². The van der Waals surface area contributed by atoms with Crippen molar-refractivity contribution in [1.82, 2.24) is 10.2 Å². The first-order valence-electron chi connectivity index (χ1n) is 8.99. The summed E-state index contributed by atoms with van der Waals surface area (Å²) in [7, 11) is 0. The summed E-state index contributed by atoms with van der Waals surface area (Å²) in [5.74, 6) is 1.36. The number of amides is 1. The zero-order valence-electron chi connectivity index (χ0n) is 15.6. The van der Waals surface area contributed by atoms with E-state index in [0.29, 0.717) is 41.4 Å². The molecule has 1 amide bonds. The van der Waals surface area contributed by atoms with Crippen LogP contribution in [0.3, 0.4) is 0 Å². The number of anilines is 1. The SMILES string of the molecule is Cc1cc(-c2nnc(COC(=O)c3ccccc3N3CCCC3=O)o2)c(C)o1. The zero-order chi connectivity index (χ0) is 19.7. The van der Waals surface area contributed by atoms with Gasteiger partial charge in [0.05, 0.1) is 16.8 Å². The third-order valence-electron chi connectivity index (χ3n) is 4.55. The minimum atomic E-state index is -0.551. The number of rotatable bonds is 5. The van der Waals surface area contributed by atoms with Gasteiger partial charge < -0.3 is 18.5 Å². The Bertz CT molecular complexity index is 1040. The molecule has 0 unspecified atom stereocenters. The van der Waals surface area contributed by atoms with Crippen LogP contribution in [-0.4, -0.2) is 28.6 Å². The lowest BCUT2D eigenvalue weighted by Gasteiger charge is -2.18. The highest BCUT2D eigenvalue weighted by Crippen LogP contribution is 2.27. The fraction of sp³-hybridized carbons (Fsp3) is 0.300. The molecule has 2 aromatic heterocycles. The predicted octanol–water partition coefficient (Wildman–Crippen LogP) is 3.43. The highest BCUT2D eigenvalue weighted by molar-refractivity contribution is 6.03. The highest BCUT2D eigenvalue weighted by Gasteiger charge is 2.26. The van der Waals surface area contributed by atoms with Gasteiger partial charge in [0.25, 0.3) is 11.8 Å². The van der Waals surface area contributed by atoms with E-state index in [0.717, 1.165) is 12.2 Å². The van der Waals surface area contributed by atoms with Crippen molar-refractivity contribution < 1.29 is 23.2 Å². The lowest BCUT2D eigenvalue weighted by Crippen LogP contribution is -2.26. The van der Waals surface area contributed by atoms with Gasteiger partial charge >= 0.3 is 5.97 Å². The molecule has 0 aliphatic carbocycles. The summed E-state index contributed by atoms with van der Waals surface area (Å²) in [6, 6.07) is 8.71. The molecule has 8 nitrogen and oxygen atoms in total. The second-order valence-electron chi connectivity index (χ2n) is 6.57. The van der Waals surface area contributed by atoms with E-state index in [9.17, 15) is 9.59 Å². The number of hydrogen-bond acceptors (Lipinski definition) is 7. The standard InChI is InChI=1S/C20H19N3O5/c1-12-10-15(13(2)27-12)19-22-21-17(28-19)11-26-20(25)14-6-3-4-7-16(14)23-9-5-8-18(23)24/h3-4,6-7,10H,5,8-9,11H2,1-2H3. The largest absolute Gasteiger partial charge is 0.466 e. The van der Waals surface area contributed by atoms with Crippen molar-refractivity contribution in [2.45, 2.75) is 33.3 Å². The maximum absolute atomic E-state index is 12.6. The van der Waals surface area contributed by atoms with Crippen molar-refractivity contribution in [3.8, 4) is 11.5 Å². The number of carbonyl (C=O) groups is 2. The van der Waals surface area contributed by atoms with E-state index < -0.39 is 5.97 Å². The number of aromatic nitrogens is 2. The van der Waals surface area contributed by atoms with Gasteiger partial charge in [-0.2, -0.15) is 0 Å². The van der Waals surface area contributed by atoms with E-state index in [4.69, 9.17) is 13.6 Å². The molecule has 1 saturated heterocycles. The van der Waals surface area contributed by atoms with Gasteiger partial charge in [-0.1, -0.05) is 12.1 Å². The zero-order valence-corrected chi connectivity index (χ0v) is 15.6. The van der Waals surface area contributed by atoms with Crippen molar-refractivity contribution in [2.24, 2.45) is 0 Å². The molecule has 0 saturated carbocycles. The van der Waals surface area contributed by atoms with Gasteiger partial charge in [0, 0.05) is 13.0 Å². The number of ether oxygens (including phenoxy) is 1. The average Bonchev–Trinajstić information content (AvgIpc) is 3.40. The molecule has 3 heterocycles. The van der Waals surface area contributed by atoms with Crippen LogP contribution in [0.5, 0.6) is 0 Å². The maximum atomic E-state index is 12.6. The number of hydrogen-bond donors (Lipinski definition) is 0. The summed E-state index contributed by atoms with van der Waals surface area (Å²) in [4.78, 5) is 26.2. The minimum Gasteiger partial charge on any atom is -0.466 e. The molecule has 8 heteroatoms. The fourth-order valence-corrected chi connectivity index (χ4v) is 3.25. The molecule has 0 bridgehead atoms. The summed E-state index contributed by atoms with van der Waals surface area (Å²) >= 11 is 0. The Labute approximate surface area is 161 Å². The van der Waals surface area contributed by atoms with Crippen LogP contribution in [0.2, 0.25) is 0 Å². The van der Waals surface area contributed by atoms with Crippen LogP contribution in [0.25, 0.3) is 11.5 Å². The van der Waals surface area contributed by atoms with Crippen molar-refractivity contribution in [2.75, 3.05) is 11.4 Å². The Morgan fingerprint density at radius 2 is 2.04 bits per heavy atom. The molecule has 1 aromatic carbocycles. The Balaban J connectivity index is 1.47. The second-order valence-corrected chi connectivity index (χ2v) is 6.57. The van der Waals surface area contributed by atoms with Crippen LogP contribution in [0, 0.1) is 13.8 Å². The van der Waals surface area contributed by atoms with Crippen LogP contribution in [-0.2, 0) is 16.1 Å². The van der Waals surface area contributed by atoms with Gasteiger partial charge in [-0.3, -0.25) is 4.79 Å². The van der Waals surface area contributed by atoms with Crippen LogP contribution < -0.4 is 4.90 Å². The van der Waals surface area contributed by atoms with Crippen LogP contribution >= 0.6 is 0 Å². The minimum absolute atomic E-state index is 0.00701. The topological polar surface area (TPSA) is 98.7 Å². The quantitative estimate of drug-likeness (QED) is 0.624. The molecule has 1 fully saturated rings. The molecule has 28 heavy (non-hydrogen) atoms. The second kappa shape index (κ2) is 7.30. The number of para-hydroxylation sites is 1. The number of aryl methyl sites for hydroxylation is 2. The third kappa shape index (κ3) is 3.40. The fourth-order valence-electron chi connectivity index (χ4n) is 3.25. The van der Waals surface area contributed by atoms with E-state index in [1.807, 2.05) is 19.9 Å². The normalized spacial score (nSPS) is 13.9. The summed E-state index contributed by atoms with van der Waals surface area (Å²) in [5, 5.41) is 7.90. The van der Waals surface area contributed by atoms with Crippen LogP contribution in [0.1, 0.15) is 40.6 Å². The Morgan fingerprint density at radius 1 is 1.21 bits per heavy atom. The van der Waals surface area contributed by atoms with Gasteiger partial charge in [-0.05, 0) is 38.5 Å². The molecular formula is C20H19N3O5. The van der Waals surface area contributed by atoms with Gasteiger partial charge in [0.15, 0.2) is 6.61 Å². The van der Waals surface area contributed by atoms with Gasteiger partial charge in [-0.15, -0.1) is 10.2 Å². The van der Waals surface area contributed by atoms with Crippen molar-refractivity contribution in [3.63, 3.8) is 0 Å². The molecule has 3 aromatic rings. The molecule has 144 valence electrons. The predicted molar refractivity (Wildman–Crippen MR) is 98.6 cm³/mol. The van der Waals surface area contributed by atoms with E-state index in [2.05, 4.69) is 10.2 Å². The lowest BCUT2D eigenvalue weighted by atomic mass is 10.1. The van der Waals surface area contributed by atoms with E-state index in [1.165, 1.54) is 0 Å². The van der Waals surface area contributed by atoms with Crippen molar-refractivity contribution >= 4 is 17.6 Å². The molecule has 1 aliphatic heterocycles. The molecule has 4 rings (SSSR count).